The van der Waals surface area contributed by atoms with Gasteiger partial charge < -0.3 is 0 Å². The fourth-order valence-corrected chi connectivity index (χ4v) is 1.82. The second kappa shape index (κ2) is 4.75. The van der Waals surface area contributed by atoms with Gasteiger partial charge in [0.2, 0.25) is 0 Å². The summed E-state index contributed by atoms with van der Waals surface area (Å²) in [7, 11) is 0. The van der Waals surface area contributed by atoms with Crippen molar-refractivity contribution in [3.05, 3.63) is 69.7 Å². The van der Waals surface area contributed by atoms with E-state index in [9.17, 15) is 13.6 Å². The van der Waals surface area contributed by atoms with Gasteiger partial charge in [-0.3, -0.25) is 4.79 Å². The highest BCUT2D eigenvalue weighted by atomic mass is 79.9. The molecule has 0 aliphatic rings. The summed E-state index contributed by atoms with van der Waals surface area (Å²) in [6, 6.07) is 9.25. The van der Waals surface area contributed by atoms with Crippen LogP contribution in [-0.4, -0.2) is 5.78 Å². The highest BCUT2D eigenvalue weighted by Crippen LogP contribution is 2.19. The van der Waals surface area contributed by atoms with Crippen molar-refractivity contribution in [1.82, 2.24) is 0 Å². The van der Waals surface area contributed by atoms with E-state index >= 15 is 0 Å². The normalized spacial score (nSPS) is 10.3. The summed E-state index contributed by atoms with van der Waals surface area (Å²) >= 11 is 3.16. The number of rotatable bonds is 2. The molecule has 0 aliphatic carbocycles. The Kier molecular flexibility index (Phi) is 3.33. The molecule has 0 N–H and O–H groups in total. The lowest BCUT2D eigenvalue weighted by Gasteiger charge is -2.03. The molecule has 0 bridgehead atoms. The van der Waals surface area contributed by atoms with Gasteiger partial charge in [0.1, 0.15) is 11.6 Å². The minimum absolute atomic E-state index is 0.0787. The van der Waals surface area contributed by atoms with Gasteiger partial charge in [-0.1, -0.05) is 28.1 Å². The lowest BCUT2D eigenvalue weighted by molar-refractivity contribution is 0.103. The van der Waals surface area contributed by atoms with Gasteiger partial charge in [0.25, 0.3) is 0 Å². The third kappa shape index (κ3) is 2.58. The Morgan fingerprint density at radius 2 is 1.82 bits per heavy atom. The SMILES string of the molecule is O=C(c1cccc(F)c1)c1cc(Br)ccc1F. The van der Waals surface area contributed by atoms with E-state index in [-0.39, 0.29) is 11.1 Å². The summed E-state index contributed by atoms with van der Waals surface area (Å²) in [6.07, 6.45) is 0. The molecule has 86 valence electrons. The van der Waals surface area contributed by atoms with Crippen LogP contribution in [0, 0.1) is 11.6 Å². The Labute approximate surface area is 105 Å². The highest BCUT2D eigenvalue weighted by molar-refractivity contribution is 9.10. The van der Waals surface area contributed by atoms with E-state index in [0.29, 0.717) is 4.47 Å². The smallest absolute Gasteiger partial charge is 0.196 e. The zero-order valence-electron chi connectivity index (χ0n) is 8.58. The summed E-state index contributed by atoms with van der Waals surface area (Å²) in [5.41, 5.74) is 0.0481. The number of carbonyl (C=O) groups excluding carboxylic acids is 1. The van der Waals surface area contributed by atoms with Crippen LogP contribution in [0.2, 0.25) is 0 Å². The monoisotopic (exact) mass is 296 g/mol. The molecule has 17 heavy (non-hydrogen) atoms. The van der Waals surface area contributed by atoms with Crippen molar-refractivity contribution >= 4 is 21.7 Å². The van der Waals surface area contributed by atoms with Gasteiger partial charge in [-0.25, -0.2) is 8.78 Å². The molecule has 0 heterocycles. The van der Waals surface area contributed by atoms with Gasteiger partial charge in [-0.05, 0) is 30.3 Å². The van der Waals surface area contributed by atoms with Crippen LogP contribution in [0.1, 0.15) is 15.9 Å². The Hall–Kier alpha value is -1.55. The lowest BCUT2D eigenvalue weighted by atomic mass is 10.0. The molecule has 0 amide bonds. The van der Waals surface area contributed by atoms with Crippen LogP contribution < -0.4 is 0 Å². The molecule has 0 radical (unpaired) electrons. The first-order valence-corrected chi connectivity index (χ1v) is 5.62. The molecule has 0 aliphatic heterocycles. The number of benzene rings is 2. The summed E-state index contributed by atoms with van der Waals surface area (Å²) in [5, 5.41) is 0. The first-order chi connectivity index (χ1) is 8.08. The van der Waals surface area contributed by atoms with Crippen molar-refractivity contribution in [2.24, 2.45) is 0 Å². The topological polar surface area (TPSA) is 17.1 Å². The number of carbonyl (C=O) groups is 1. The van der Waals surface area contributed by atoms with E-state index in [0.717, 1.165) is 6.07 Å². The Morgan fingerprint density at radius 3 is 2.53 bits per heavy atom. The molecule has 0 fully saturated rings. The van der Waals surface area contributed by atoms with Gasteiger partial charge in [-0.15, -0.1) is 0 Å². The molecule has 4 heteroatoms. The quantitative estimate of drug-likeness (QED) is 0.767. The number of hydrogen-bond donors (Lipinski definition) is 0. The third-order valence-corrected chi connectivity index (χ3v) is 2.75. The summed E-state index contributed by atoms with van der Waals surface area (Å²) < 4.78 is 27.0. The average molecular weight is 297 g/mol. The van der Waals surface area contributed by atoms with Crippen LogP contribution in [0.4, 0.5) is 8.78 Å². The molecular formula is C13H7BrF2O. The third-order valence-electron chi connectivity index (χ3n) is 2.26. The molecule has 0 aromatic heterocycles. The van der Waals surface area contributed by atoms with Crippen LogP contribution in [-0.2, 0) is 0 Å². The molecule has 2 rings (SSSR count). The Bertz CT molecular complexity index is 581. The van der Waals surface area contributed by atoms with Crippen molar-refractivity contribution in [3.63, 3.8) is 0 Å². The molecule has 1 nitrogen and oxygen atoms in total. The number of ketones is 1. The van der Waals surface area contributed by atoms with Gasteiger partial charge in [0, 0.05) is 10.0 Å². The van der Waals surface area contributed by atoms with E-state index in [1.165, 1.54) is 36.4 Å². The number of hydrogen-bond acceptors (Lipinski definition) is 1. The van der Waals surface area contributed by atoms with Crippen molar-refractivity contribution in [2.45, 2.75) is 0 Å². The van der Waals surface area contributed by atoms with Crippen LogP contribution >= 0.6 is 15.9 Å². The van der Waals surface area contributed by atoms with Crippen molar-refractivity contribution in [2.75, 3.05) is 0 Å². The van der Waals surface area contributed by atoms with Gasteiger partial charge in [0.05, 0.1) is 5.56 Å². The molecule has 2 aromatic carbocycles. The largest absolute Gasteiger partial charge is 0.288 e. The average Bonchev–Trinajstić information content (AvgIpc) is 2.31. The number of halogens is 3. The second-order valence-electron chi connectivity index (χ2n) is 3.46. The van der Waals surface area contributed by atoms with Crippen molar-refractivity contribution in [1.29, 1.82) is 0 Å². The predicted octanol–water partition coefficient (Wildman–Crippen LogP) is 3.96. The van der Waals surface area contributed by atoms with Crippen LogP contribution in [0.15, 0.2) is 46.9 Å². The zero-order chi connectivity index (χ0) is 12.4. The molecule has 0 atom stereocenters. The Morgan fingerprint density at radius 1 is 1.06 bits per heavy atom. The maximum atomic E-state index is 13.5. The molecule has 0 spiro atoms. The maximum absolute atomic E-state index is 13.5. The van der Waals surface area contributed by atoms with E-state index in [1.54, 1.807) is 0 Å². The Balaban J connectivity index is 2.47. The van der Waals surface area contributed by atoms with Gasteiger partial charge >= 0.3 is 0 Å². The second-order valence-corrected chi connectivity index (χ2v) is 4.38. The predicted molar refractivity (Wildman–Crippen MR) is 63.9 cm³/mol. The van der Waals surface area contributed by atoms with Crippen molar-refractivity contribution < 1.29 is 13.6 Å². The van der Waals surface area contributed by atoms with Crippen LogP contribution in [0.3, 0.4) is 0 Å². The maximum Gasteiger partial charge on any atom is 0.196 e. The highest BCUT2D eigenvalue weighted by Gasteiger charge is 2.14. The van der Waals surface area contributed by atoms with Gasteiger partial charge in [0.15, 0.2) is 5.78 Å². The van der Waals surface area contributed by atoms with E-state index in [4.69, 9.17) is 0 Å². The summed E-state index contributed by atoms with van der Waals surface area (Å²) in [4.78, 5) is 11.9. The molecule has 0 saturated carbocycles. The van der Waals surface area contributed by atoms with Crippen LogP contribution in [0.25, 0.3) is 0 Å². The van der Waals surface area contributed by atoms with Crippen molar-refractivity contribution in [3.8, 4) is 0 Å². The van der Waals surface area contributed by atoms with E-state index in [2.05, 4.69) is 15.9 Å². The van der Waals surface area contributed by atoms with E-state index in [1.807, 2.05) is 0 Å². The van der Waals surface area contributed by atoms with Gasteiger partial charge in [-0.2, -0.15) is 0 Å². The minimum Gasteiger partial charge on any atom is -0.288 e. The molecule has 2 aromatic rings. The molecule has 0 saturated heterocycles. The summed E-state index contributed by atoms with van der Waals surface area (Å²) in [5.74, 6) is -1.68. The minimum atomic E-state index is -0.623. The lowest BCUT2D eigenvalue weighted by Crippen LogP contribution is -2.04. The fraction of sp³-hybridized carbons (Fsp3) is 0. The fourth-order valence-electron chi connectivity index (χ4n) is 1.46. The first-order valence-electron chi connectivity index (χ1n) is 4.83. The van der Waals surface area contributed by atoms with Crippen LogP contribution in [0.5, 0.6) is 0 Å². The molecule has 0 unspecified atom stereocenters. The van der Waals surface area contributed by atoms with E-state index < -0.39 is 17.4 Å². The first kappa shape index (κ1) is 11.9. The summed E-state index contributed by atoms with van der Waals surface area (Å²) in [6.45, 7) is 0. The molecular weight excluding hydrogens is 290 g/mol. The zero-order valence-corrected chi connectivity index (χ0v) is 10.2. The standard InChI is InChI=1S/C13H7BrF2O/c14-9-4-5-12(16)11(7-9)13(17)8-2-1-3-10(15)6-8/h1-7H.